The summed E-state index contributed by atoms with van der Waals surface area (Å²) in [5.41, 5.74) is 8.68. The van der Waals surface area contributed by atoms with Gasteiger partial charge in [0.15, 0.2) is 5.82 Å². The molecule has 0 unspecified atom stereocenters. The van der Waals surface area contributed by atoms with Gasteiger partial charge in [0.2, 0.25) is 0 Å². The molecule has 1 fully saturated rings. The van der Waals surface area contributed by atoms with Crippen LogP contribution in [-0.2, 0) is 4.74 Å². The number of rotatable bonds is 5. The van der Waals surface area contributed by atoms with Crippen molar-refractivity contribution >= 4 is 17.5 Å². The summed E-state index contributed by atoms with van der Waals surface area (Å²) < 4.78 is 8.49. The van der Waals surface area contributed by atoms with Crippen LogP contribution in [0.25, 0.3) is 22.9 Å². The summed E-state index contributed by atoms with van der Waals surface area (Å²) in [6, 6.07) is 9.18. The molecule has 2 amide bonds. The Labute approximate surface area is 176 Å². The summed E-state index contributed by atoms with van der Waals surface area (Å²) in [5, 5.41) is 2.90. The van der Waals surface area contributed by atoms with Gasteiger partial charge in [-0.2, -0.15) is 0 Å². The Morgan fingerprint density at radius 2 is 2.00 bits per heavy atom. The minimum atomic E-state index is -0.585. The number of hydrogen-bond donors (Lipinski definition) is 2. The summed E-state index contributed by atoms with van der Waals surface area (Å²) >= 11 is 0. The molecule has 0 atom stereocenters. The van der Waals surface area contributed by atoms with E-state index in [1.807, 2.05) is 31.2 Å². The molecule has 0 aliphatic carbocycles. The van der Waals surface area contributed by atoms with Crippen LogP contribution in [0.5, 0.6) is 0 Å². The van der Waals surface area contributed by atoms with Crippen LogP contribution in [0, 0.1) is 6.92 Å². The maximum absolute atomic E-state index is 12.7. The number of fused-ring (bicyclic) bond motifs is 1. The fraction of sp³-hybridized carbons (Fsp3) is 0.190. The molecule has 1 aliphatic heterocycles. The van der Waals surface area contributed by atoms with E-state index >= 15 is 0 Å². The number of carbonyl (C=O) groups excluding carboxylic acids is 2. The van der Waals surface area contributed by atoms with Crippen molar-refractivity contribution in [3.05, 3.63) is 66.0 Å². The first kappa shape index (κ1) is 18.9. The van der Waals surface area contributed by atoms with Crippen molar-refractivity contribution in [1.82, 2.24) is 29.2 Å². The van der Waals surface area contributed by atoms with E-state index in [4.69, 9.17) is 10.5 Å². The zero-order valence-corrected chi connectivity index (χ0v) is 16.6. The lowest BCUT2D eigenvalue weighted by atomic mass is 10.2. The molecule has 0 radical (unpaired) electrons. The lowest BCUT2D eigenvalue weighted by Gasteiger charge is -2.26. The molecular weight excluding hydrogens is 398 g/mol. The molecule has 0 spiro atoms. The van der Waals surface area contributed by atoms with Crippen LogP contribution in [0.3, 0.4) is 0 Å². The second kappa shape index (κ2) is 7.33. The highest BCUT2D eigenvalue weighted by molar-refractivity contribution is 5.93. The highest BCUT2D eigenvalue weighted by Crippen LogP contribution is 2.23. The van der Waals surface area contributed by atoms with Gasteiger partial charge in [-0.25, -0.2) is 15.0 Å². The van der Waals surface area contributed by atoms with Crippen LogP contribution in [-0.4, -0.2) is 55.0 Å². The number of pyridine rings is 2. The monoisotopic (exact) mass is 417 g/mol. The standard InChI is InChI=1S/C21H19N7O3/c1-12-3-2-4-15(24-12)20-26-16(21(30)25-13-10-31-11-13)9-27(20)14-5-6-18-23-7-17(19(22)29)28(18)8-14/h2-9,13H,10-11H2,1H3,(H2,22,29)(H,25,30). The van der Waals surface area contributed by atoms with Gasteiger partial charge in [-0.3, -0.25) is 18.6 Å². The van der Waals surface area contributed by atoms with Gasteiger partial charge in [-0.05, 0) is 31.2 Å². The number of aromatic nitrogens is 5. The summed E-state index contributed by atoms with van der Waals surface area (Å²) in [7, 11) is 0. The average Bonchev–Trinajstić information content (AvgIpc) is 3.34. The van der Waals surface area contributed by atoms with Crippen molar-refractivity contribution in [2.45, 2.75) is 13.0 Å². The highest BCUT2D eigenvalue weighted by Gasteiger charge is 2.24. The number of carbonyl (C=O) groups is 2. The summed E-state index contributed by atoms with van der Waals surface area (Å²) in [5.74, 6) is -0.375. The first-order valence-electron chi connectivity index (χ1n) is 9.69. The Bertz CT molecular complexity index is 1320. The Balaban J connectivity index is 1.64. The van der Waals surface area contributed by atoms with Gasteiger partial charge in [0.25, 0.3) is 11.8 Å². The molecule has 0 saturated carbocycles. The maximum Gasteiger partial charge on any atom is 0.271 e. The van der Waals surface area contributed by atoms with Crippen LogP contribution >= 0.6 is 0 Å². The predicted molar refractivity (Wildman–Crippen MR) is 111 cm³/mol. The molecule has 4 aromatic heterocycles. The van der Waals surface area contributed by atoms with Crippen LogP contribution in [0.1, 0.15) is 26.7 Å². The Morgan fingerprint density at radius 1 is 1.16 bits per heavy atom. The number of nitrogens with two attached hydrogens (primary N) is 1. The normalized spacial score (nSPS) is 13.8. The van der Waals surface area contributed by atoms with E-state index in [9.17, 15) is 9.59 Å². The smallest absolute Gasteiger partial charge is 0.271 e. The number of nitrogens with zero attached hydrogens (tertiary/aromatic N) is 5. The van der Waals surface area contributed by atoms with E-state index in [1.54, 1.807) is 27.4 Å². The molecule has 0 bridgehead atoms. The molecule has 10 heteroatoms. The quantitative estimate of drug-likeness (QED) is 0.501. The zero-order chi connectivity index (χ0) is 21.5. The van der Waals surface area contributed by atoms with Crippen LogP contribution in [0.4, 0.5) is 0 Å². The third kappa shape index (κ3) is 3.42. The predicted octanol–water partition coefficient (Wildman–Crippen LogP) is 1.12. The molecule has 156 valence electrons. The van der Waals surface area contributed by atoms with Crippen LogP contribution in [0.2, 0.25) is 0 Å². The first-order chi connectivity index (χ1) is 15.0. The SMILES string of the molecule is Cc1cccc(-c2nc(C(=O)NC3COC3)cn2-c2ccc3ncc(C(N)=O)n3c2)n1. The number of ether oxygens (including phenoxy) is 1. The fourth-order valence-electron chi connectivity index (χ4n) is 3.41. The minimum Gasteiger partial charge on any atom is -0.377 e. The molecule has 1 saturated heterocycles. The van der Waals surface area contributed by atoms with Gasteiger partial charge in [0.05, 0.1) is 31.1 Å². The number of amides is 2. The van der Waals surface area contributed by atoms with Crippen LogP contribution in [0.15, 0.2) is 48.9 Å². The fourth-order valence-corrected chi connectivity index (χ4v) is 3.41. The van der Waals surface area contributed by atoms with Crippen molar-refractivity contribution in [2.75, 3.05) is 13.2 Å². The topological polar surface area (TPSA) is 129 Å². The van der Waals surface area contributed by atoms with Gasteiger partial charge < -0.3 is 15.8 Å². The molecular formula is C21H19N7O3. The summed E-state index contributed by atoms with van der Waals surface area (Å²) in [6.07, 6.45) is 4.80. The van der Waals surface area contributed by atoms with Gasteiger partial charge in [0, 0.05) is 18.1 Å². The zero-order valence-electron chi connectivity index (χ0n) is 16.6. The van der Waals surface area contributed by atoms with E-state index in [0.717, 1.165) is 5.69 Å². The number of hydrogen-bond acceptors (Lipinski definition) is 6. The van der Waals surface area contributed by atoms with Crippen molar-refractivity contribution < 1.29 is 14.3 Å². The Morgan fingerprint density at radius 3 is 2.71 bits per heavy atom. The Kier molecular flexibility index (Phi) is 4.48. The van der Waals surface area contributed by atoms with Crippen molar-refractivity contribution in [3.63, 3.8) is 0 Å². The molecule has 4 aromatic rings. The summed E-state index contributed by atoms with van der Waals surface area (Å²) in [4.78, 5) is 37.8. The lowest BCUT2D eigenvalue weighted by Crippen LogP contribution is -2.48. The molecule has 3 N–H and O–H groups in total. The third-order valence-corrected chi connectivity index (χ3v) is 5.05. The van der Waals surface area contributed by atoms with Gasteiger partial charge in [0.1, 0.15) is 22.7 Å². The highest BCUT2D eigenvalue weighted by atomic mass is 16.5. The first-order valence-corrected chi connectivity index (χ1v) is 9.69. The second-order valence-electron chi connectivity index (χ2n) is 7.31. The van der Waals surface area contributed by atoms with Gasteiger partial charge in [-0.1, -0.05) is 6.07 Å². The van der Waals surface area contributed by atoms with Gasteiger partial charge >= 0.3 is 0 Å². The molecule has 5 heterocycles. The molecule has 10 nitrogen and oxygen atoms in total. The molecule has 1 aliphatic rings. The van der Waals surface area contributed by atoms with E-state index in [0.29, 0.717) is 36.1 Å². The van der Waals surface area contributed by atoms with Gasteiger partial charge in [-0.15, -0.1) is 0 Å². The van der Waals surface area contributed by atoms with Crippen molar-refractivity contribution in [1.29, 1.82) is 0 Å². The number of imidazole rings is 2. The third-order valence-electron chi connectivity index (χ3n) is 5.05. The minimum absolute atomic E-state index is 0.0152. The largest absolute Gasteiger partial charge is 0.377 e. The maximum atomic E-state index is 12.7. The lowest BCUT2D eigenvalue weighted by molar-refractivity contribution is -0.00354. The Hall–Kier alpha value is -4.05. The van der Waals surface area contributed by atoms with Crippen molar-refractivity contribution in [3.8, 4) is 17.2 Å². The summed E-state index contributed by atoms with van der Waals surface area (Å²) in [6.45, 7) is 2.87. The van der Waals surface area contributed by atoms with E-state index in [-0.39, 0.29) is 23.3 Å². The van der Waals surface area contributed by atoms with E-state index < -0.39 is 5.91 Å². The van der Waals surface area contributed by atoms with E-state index in [1.165, 1.54) is 6.20 Å². The van der Waals surface area contributed by atoms with E-state index in [2.05, 4.69) is 20.3 Å². The van der Waals surface area contributed by atoms with Crippen molar-refractivity contribution in [2.24, 2.45) is 5.73 Å². The number of nitrogens with one attached hydrogen (secondary N) is 1. The number of primary amides is 1. The molecule has 5 rings (SSSR count). The molecule has 31 heavy (non-hydrogen) atoms. The number of aryl methyl sites for hydroxylation is 1. The average molecular weight is 417 g/mol. The molecule has 0 aromatic carbocycles. The second-order valence-corrected chi connectivity index (χ2v) is 7.31. The van der Waals surface area contributed by atoms with Crippen LogP contribution < -0.4 is 11.1 Å².